The van der Waals surface area contributed by atoms with E-state index in [9.17, 15) is 0 Å². The van der Waals surface area contributed by atoms with Gasteiger partial charge in [0.1, 0.15) is 13.2 Å². The van der Waals surface area contributed by atoms with Crippen molar-refractivity contribution < 1.29 is 0 Å². The molecule has 0 aromatic carbocycles. The summed E-state index contributed by atoms with van der Waals surface area (Å²) in [5.74, 6) is 1.22. The van der Waals surface area contributed by atoms with Gasteiger partial charge in [0.25, 0.3) is 5.84 Å². The van der Waals surface area contributed by atoms with Gasteiger partial charge in [0, 0.05) is 12.0 Å². The lowest BCUT2D eigenvalue weighted by molar-refractivity contribution is 0.411. The van der Waals surface area contributed by atoms with E-state index in [1.807, 2.05) is 19.3 Å². The lowest BCUT2D eigenvalue weighted by Crippen LogP contribution is -2.55. The monoisotopic (exact) mass is 204 g/mol. The van der Waals surface area contributed by atoms with E-state index in [2.05, 4.69) is 15.6 Å². The average molecular weight is 204 g/mol. The quantitative estimate of drug-likeness (QED) is 0.632. The molecule has 15 heavy (non-hydrogen) atoms. The SMILES string of the molecule is C[N+]1(c2cn[nH]c2)NC(C2CC2)=CC1=N. The molecule has 5 heteroatoms. The summed E-state index contributed by atoms with van der Waals surface area (Å²) in [7, 11) is 1.97. The van der Waals surface area contributed by atoms with Gasteiger partial charge in [-0.2, -0.15) is 5.10 Å². The zero-order chi connectivity index (χ0) is 10.5. The standard InChI is InChI=1S/C10H14N5/c1-15(8-5-12-13-6-8)10(11)4-9(14-15)7-2-3-7/h4-7,11,14H,2-3H2,1H3,(H,12,13)/q+1. The Bertz CT molecular complexity index is 429. The van der Waals surface area contributed by atoms with Crippen molar-refractivity contribution in [3.63, 3.8) is 0 Å². The third-order valence-corrected chi connectivity index (χ3v) is 3.14. The van der Waals surface area contributed by atoms with Crippen LogP contribution in [0.4, 0.5) is 5.69 Å². The molecule has 0 spiro atoms. The molecule has 1 aromatic rings. The van der Waals surface area contributed by atoms with Crippen LogP contribution in [0.3, 0.4) is 0 Å². The zero-order valence-electron chi connectivity index (χ0n) is 8.62. The number of hydrogen-bond donors (Lipinski definition) is 3. The summed E-state index contributed by atoms with van der Waals surface area (Å²) in [6, 6.07) is 0. The highest BCUT2D eigenvalue weighted by Crippen LogP contribution is 2.38. The lowest BCUT2D eigenvalue weighted by atomic mass is 10.3. The van der Waals surface area contributed by atoms with Crippen LogP contribution < -0.4 is 10.0 Å². The van der Waals surface area contributed by atoms with E-state index >= 15 is 0 Å². The van der Waals surface area contributed by atoms with Gasteiger partial charge in [0.2, 0.25) is 5.69 Å². The van der Waals surface area contributed by atoms with Crippen molar-refractivity contribution in [2.24, 2.45) is 5.92 Å². The first-order valence-corrected chi connectivity index (χ1v) is 5.15. The maximum atomic E-state index is 8.02. The van der Waals surface area contributed by atoms with Gasteiger partial charge in [-0.15, -0.1) is 4.59 Å². The Kier molecular flexibility index (Phi) is 1.56. The van der Waals surface area contributed by atoms with E-state index in [4.69, 9.17) is 5.41 Å². The summed E-state index contributed by atoms with van der Waals surface area (Å²) in [5.41, 5.74) is 5.56. The Morgan fingerprint density at radius 1 is 1.53 bits per heavy atom. The molecule has 1 unspecified atom stereocenters. The first-order valence-electron chi connectivity index (χ1n) is 5.15. The van der Waals surface area contributed by atoms with Crippen LogP contribution >= 0.6 is 0 Å². The van der Waals surface area contributed by atoms with Crippen LogP contribution in [-0.2, 0) is 0 Å². The van der Waals surface area contributed by atoms with Crippen LogP contribution in [0.15, 0.2) is 24.2 Å². The number of hydrogen-bond acceptors (Lipinski definition) is 3. The molecule has 3 rings (SSSR count). The van der Waals surface area contributed by atoms with Gasteiger partial charge in [-0.1, -0.05) is 0 Å². The number of rotatable bonds is 2. The van der Waals surface area contributed by atoms with E-state index in [0.29, 0.717) is 16.3 Å². The van der Waals surface area contributed by atoms with E-state index < -0.39 is 0 Å². The average Bonchev–Trinajstić information content (AvgIpc) is 2.81. The Hall–Kier alpha value is -1.62. The van der Waals surface area contributed by atoms with E-state index in [-0.39, 0.29) is 0 Å². The van der Waals surface area contributed by atoms with Crippen molar-refractivity contribution in [3.05, 3.63) is 24.2 Å². The summed E-state index contributed by atoms with van der Waals surface area (Å²) >= 11 is 0. The predicted octanol–water partition coefficient (Wildman–Crippen LogP) is 1.14. The maximum Gasteiger partial charge on any atom is 0.251 e. The van der Waals surface area contributed by atoms with Gasteiger partial charge in [0.05, 0.1) is 11.9 Å². The molecule has 5 nitrogen and oxygen atoms in total. The fourth-order valence-corrected chi connectivity index (χ4v) is 1.92. The normalized spacial score (nSPS) is 30.2. The smallest absolute Gasteiger partial charge is 0.251 e. The van der Waals surface area contributed by atoms with Crippen LogP contribution in [0.1, 0.15) is 12.8 Å². The minimum atomic E-state index is 0.322. The molecule has 1 saturated carbocycles. The summed E-state index contributed by atoms with van der Waals surface area (Å²) in [5, 5.41) is 14.7. The molecule has 0 radical (unpaired) electrons. The van der Waals surface area contributed by atoms with Gasteiger partial charge in [-0.3, -0.25) is 5.10 Å². The van der Waals surface area contributed by atoms with Crippen LogP contribution in [0.25, 0.3) is 0 Å². The highest BCUT2D eigenvalue weighted by Gasteiger charge is 2.42. The van der Waals surface area contributed by atoms with E-state index in [1.165, 1.54) is 18.5 Å². The van der Waals surface area contributed by atoms with Crippen molar-refractivity contribution in [1.29, 1.82) is 5.41 Å². The molecule has 0 bridgehead atoms. The second-order valence-corrected chi connectivity index (χ2v) is 4.33. The highest BCUT2D eigenvalue weighted by molar-refractivity contribution is 6.01. The number of aromatic nitrogens is 2. The summed E-state index contributed by atoms with van der Waals surface area (Å²) in [6.45, 7) is 0. The third kappa shape index (κ3) is 1.20. The van der Waals surface area contributed by atoms with Crippen molar-refractivity contribution in [1.82, 2.24) is 20.2 Å². The molecule has 1 aliphatic heterocycles. The Morgan fingerprint density at radius 3 is 2.93 bits per heavy atom. The molecule has 0 saturated heterocycles. The second-order valence-electron chi connectivity index (χ2n) is 4.33. The number of H-pyrrole nitrogens is 1. The number of quaternary nitrogens is 1. The fraction of sp³-hybridized carbons (Fsp3) is 0.400. The highest BCUT2D eigenvalue weighted by atomic mass is 15.7. The predicted molar refractivity (Wildman–Crippen MR) is 58.0 cm³/mol. The Labute approximate surface area is 87.9 Å². The maximum absolute atomic E-state index is 8.02. The number of nitrogens with zero attached hydrogens (tertiary/aromatic N) is 2. The summed E-state index contributed by atoms with van der Waals surface area (Å²) in [6.07, 6.45) is 8.02. The molecule has 78 valence electrons. The number of nitrogens with one attached hydrogen (secondary N) is 3. The van der Waals surface area contributed by atoms with Crippen molar-refractivity contribution in [2.75, 3.05) is 7.05 Å². The molecule has 1 fully saturated rings. The minimum Gasteiger partial charge on any atom is -0.279 e. The van der Waals surface area contributed by atoms with Gasteiger partial charge in [-0.05, 0) is 12.8 Å². The third-order valence-electron chi connectivity index (χ3n) is 3.14. The second kappa shape index (κ2) is 2.70. The number of aromatic amines is 1. The summed E-state index contributed by atoms with van der Waals surface area (Å²) < 4.78 is 0.322. The van der Waals surface area contributed by atoms with Gasteiger partial charge in [-0.25, -0.2) is 10.8 Å². The molecule has 1 aliphatic carbocycles. The molecular weight excluding hydrogens is 190 g/mol. The number of allylic oxidation sites excluding steroid dienone is 1. The first kappa shape index (κ1) is 8.67. The Balaban J connectivity index is 1.93. The molecule has 1 aromatic heterocycles. The topological polar surface area (TPSA) is 64.6 Å². The molecule has 2 heterocycles. The molecule has 0 amide bonds. The van der Waals surface area contributed by atoms with E-state index in [0.717, 1.165) is 5.69 Å². The number of likely N-dealkylation sites (N-methyl/N-ethyl adjacent to an activating group) is 1. The number of amidine groups is 1. The fourth-order valence-electron chi connectivity index (χ4n) is 1.92. The van der Waals surface area contributed by atoms with Crippen LogP contribution in [0.2, 0.25) is 0 Å². The van der Waals surface area contributed by atoms with E-state index in [1.54, 1.807) is 6.20 Å². The van der Waals surface area contributed by atoms with Crippen LogP contribution in [0.5, 0.6) is 0 Å². The molecule has 3 N–H and O–H groups in total. The van der Waals surface area contributed by atoms with Crippen molar-refractivity contribution in [3.8, 4) is 0 Å². The van der Waals surface area contributed by atoms with Crippen LogP contribution in [-0.4, -0.2) is 23.1 Å². The Morgan fingerprint density at radius 2 is 2.33 bits per heavy atom. The molecule has 2 aliphatic rings. The lowest BCUT2D eigenvalue weighted by Gasteiger charge is -2.26. The van der Waals surface area contributed by atoms with Crippen molar-refractivity contribution in [2.45, 2.75) is 12.8 Å². The van der Waals surface area contributed by atoms with Crippen LogP contribution in [0, 0.1) is 11.3 Å². The first-order chi connectivity index (χ1) is 7.20. The van der Waals surface area contributed by atoms with Crippen molar-refractivity contribution >= 4 is 11.5 Å². The minimum absolute atomic E-state index is 0.322. The summed E-state index contributed by atoms with van der Waals surface area (Å²) in [4.78, 5) is 0. The molecule has 1 atom stereocenters. The van der Waals surface area contributed by atoms with Gasteiger partial charge >= 0.3 is 0 Å². The molecular formula is C10H14N5+. The van der Waals surface area contributed by atoms with Gasteiger partial charge in [0.15, 0.2) is 0 Å². The largest absolute Gasteiger partial charge is 0.279 e. The van der Waals surface area contributed by atoms with Gasteiger partial charge < -0.3 is 0 Å². The zero-order valence-corrected chi connectivity index (χ0v) is 8.62.